The largest absolute Gasteiger partial charge is 0.493 e. The molecule has 2 N–H and O–H groups in total. The Morgan fingerprint density at radius 2 is 1.79 bits per heavy atom. The van der Waals surface area contributed by atoms with Crippen molar-refractivity contribution in [2.24, 2.45) is 0 Å². The number of anilines is 1. The van der Waals surface area contributed by atoms with Crippen LogP contribution in [0, 0.1) is 0 Å². The summed E-state index contributed by atoms with van der Waals surface area (Å²) in [5.74, 6) is 0.942. The molecule has 9 heteroatoms. The monoisotopic (exact) mass is 499 g/mol. The van der Waals surface area contributed by atoms with Crippen LogP contribution < -0.4 is 20.1 Å². The van der Waals surface area contributed by atoms with Crippen LogP contribution >= 0.6 is 23.1 Å². The average molecular weight is 500 g/mol. The highest BCUT2D eigenvalue weighted by molar-refractivity contribution is 8.00. The summed E-state index contributed by atoms with van der Waals surface area (Å²) < 4.78 is 10.5. The van der Waals surface area contributed by atoms with E-state index in [-0.39, 0.29) is 23.6 Å². The molecule has 0 aliphatic carbocycles. The Balaban J connectivity index is 1.60. The number of hydrogen-bond acceptors (Lipinski definition) is 7. The minimum absolute atomic E-state index is 0.0935. The zero-order valence-corrected chi connectivity index (χ0v) is 21.3. The van der Waals surface area contributed by atoms with Gasteiger partial charge in [0.2, 0.25) is 5.91 Å². The van der Waals surface area contributed by atoms with Crippen molar-refractivity contribution in [2.45, 2.75) is 10.9 Å². The van der Waals surface area contributed by atoms with Gasteiger partial charge in [0, 0.05) is 28.1 Å². The van der Waals surface area contributed by atoms with Crippen LogP contribution in [0.2, 0.25) is 0 Å². The third kappa shape index (κ3) is 6.75. The first-order chi connectivity index (χ1) is 16.4. The fourth-order valence-electron chi connectivity index (χ4n) is 3.34. The summed E-state index contributed by atoms with van der Waals surface area (Å²) in [5.41, 5.74) is 1.16. The third-order valence-corrected chi connectivity index (χ3v) is 7.16. The fourth-order valence-corrected chi connectivity index (χ4v) is 5.11. The Morgan fingerprint density at radius 3 is 2.47 bits per heavy atom. The van der Waals surface area contributed by atoms with E-state index in [4.69, 9.17) is 9.47 Å². The van der Waals surface area contributed by atoms with Crippen LogP contribution in [0.3, 0.4) is 0 Å². The number of rotatable bonds is 11. The smallest absolute Gasteiger partial charge is 0.252 e. The van der Waals surface area contributed by atoms with Crippen molar-refractivity contribution in [3.05, 3.63) is 70.4 Å². The van der Waals surface area contributed by atoms with Crippen LogP contribution in [0.5, 0.6) is 11.5 Å². The third-order valence-electron chi connectivity index (χ3n) is 5.11. The van der Waals surface area contributed by atoms with Gasteiger partial charge in [-0.25, -0.2) is 0 Å². The maximum atomic E-state index is 13.0. The van der Waals surface area contributed by atoms with E-state index in [0.717, 1.165) is 4.90 Å². The Bertz CT molecular complexity index is 1100. The molecule has 0 saturated carbocycles. The summed E-state index contributed by atoms with van der Waals surface area (Å²) in [5, 5.41) is 7.94. The van der Waals surface area contributed by atoms with Crippen LogP contribution in [-0.2, 0) is 4.79 Å². The number of nitrogens with one attached hydrogen (secondary N) is 2. The molecule has 34 heavy (non-hydrogen) atoms. The lowest BCUT2D eigenvalue weighted by atomic mass is 10.2. The first-order valence-electron chi connectivity index (χ1n) is 10.6. The van der Waals surface area contributed by atoms with Crippen LogP contribution in [0.4, 0.5) is 5.69 Å². The normalized spacial score (nSPS) is 11.7. The van der Waals surface area contributed by atoms with Crippen LogP contribution in [-0.4, -0.2) is 57.3 Å². The van der Waals surface area contributed by atoms with E-state index in [1.165, 1.54) is 16.6 Å². The second kappa shape index (κ2) is 12.5. The molecule has 2 aromatic carbocycles. The molecule has 1 heterocycles. The Morgan fingerprint density at radius 1 is 1.03 bits per heavy atom. The molecule has 1 aromatic heterocycles. The number of hydrogen-bond donors (Lipinski definition) is 2. The molecule has 7 nitrogen and oxygen atoms in total. The molecule has 3 aromatic rings. The van der Waals surface area contributed by atoms with Crippen molar-refractivity contribution < 1.29 is 19.1 Å². The van der Waals surface area contributed by atoms with Gasteiger partial charge in [-0.2, -0.15) is 0 Å². The minimum atomic E-state index is -0.183. The lowest BCUT2D eigenvalue weighted by molar-refractivity contribution is -0.113. The van der Waals surface area contributed by atoms with Crippen molar-refractivity contribution in [1.82, 2.24) is 10.2 Å². The molecule has 1 unspecified atom stereocenters. The molecule has 2 amide bonds. The van der Waals surface area contributed by atoms with Gasteiger partial charge >= 0.3 is 0 Å². The van der Waals surface area contributed by atoms with Crippen molar-refractivity contribution in [1.29, 1.82) is 0 Å². The molecule has 180 valence electrons. The van der Waals surface area contributed by atoms with Gasteiger partial charge in [-0.3, -0.25) is 9.59 Å². The van der Waals surface area contributed by atoms with E-state index in [0.29, 0.717) is 29.3 Å². The number of thiophene rings is 1. The first-order valence-corrected chi connectivity index (χ1v) is 12.5. The van der Waals surface area contributed by atoms with Crippen molar-refractivity contribution in [3.63, 3.8) is 0 Å². The van der Waals surface area contributed by atoms with Gasteiger partial charge in [0.1, 0.15) is 0 Å². The van der Waals surface area contributed by atoms with Gasteiger partial charge < -0.3 is 25.0 Å². The molecule has 0 aliphatic rings. The Hall–Kier alpha value is -3.01. The average Bonchev–Trinajstić information content (AvgIpc) is 3.37. The first kappa shape index (κ1) is 25.6. The van der Waals surface area contributed by atoms with Crippen LogP contribution in [0.15, 0.2) is 64.9 Å². The van der Waals surface area contributed by atoms with E-state index in [2.05, 4.69) is 21.6 Å². The second-order valence-corrected chi connectivity index (χ2v) is 9.60. The summed E-state index contributed by atoms with van der Waals surface area (Å²) in [6.45, 7) is 0.491. The molecule has 1 atom stereocenters. The Kier molecular flexibility index (Phi) is 9.38. The molecular formula is C25H29N3O4S2. The number of nitrogens with zero attached hydrogens (tertiary/aromatic N) is 1. The quantitative estimate of drug-likeness (QED) is 0.378. The van der Waals surface area contributed by atoms with Gasteiger partial charge in [0.15, 0.2) is 11.5 Å². The van der Waals surface area contributed by atoms with Crippen LogP contribution in [0.25, 0.3) is 0 Å². The lowest BCUT2D eigenvalue weighted by Gasteiger charge is -2.23. The number of likely N-dealkylation sites (N-methyl/N-ethyl adjacent to an activating group) is 1. The second-order valence-electron chi connectivity index (χ2n) is 7.61. The van der Waals surface area contributed by atoms with Gasteiger partial charge in [0.05, 0.1) is 31.6 Å². The van der Waals surface area contributed by atoms with Gasteiger partial charge in [-0.15, -0.1) is 23.1 Å². The minimum Gasteiger partial charge on any atom is -0.493 e. The predicted octanol–water partition coefficient (Wildman–Crippen LogP) is 4.53. The predicted molar refractivity (Wildman–Crippen MR) is 138 cm³/mol. The summed E-state index contributed by atoms with van der Waals surface area (Å²) in [4.78, 5) is 29.5. The number of thioether (sulfide) groups is 1. The summed E-state index contributed by atoms with van der Waals surface area (Å²) in [6, 6.07) is 16.7. The summed E-state index contributed by atoms with van der Waals surface area (Å²) in [6.07, 6.45) is 0. The topological polar surface area (TPSA) is 79.9 Å². The molecule has 0 aliphatic heterocycles. The number of methoxy groups -OCH3 is 2. The van der Waals surface area contributed by atoms with Crippen molar-refractivity contribution in [2.75, 3.05) is 45.9 Å². The number of benzene rings is 2. The maximum absolute atomic E-state index is 13.0. The van der Waals surface area contributed by atoms with E-state index in [1.807, 2.05) is 43.7 Å². The number of carbonyl (C=O) groups excluding carboxylic acids is 2. The fraction of sp³-hybridized carbons (Fsp3) is 0.280. The summed E-state index contributed by atoms with van der Waals surface area (Å²) in [7, 11) is 7.10. The molecule has 3 rings (SSSR count). The highest BCUT2D eigenvalue weighted by atomic mass is 32.2. The zero-order chi connectivity index (χ0) is 24.5. The SMILES string of the molecule is COc1ccc(NC(=O)CSc2ccccc2C(=O)NCC(c2cccs2)N(C)C)cc1OC. The molecule has 0 bridgehead atoms. The molecule has 0 saturated heterocycles. The number of amides is 2. The van der Waals surface area contributed by atoms with Crippen molar-refractivity contribution >= 4 is 40.6 Å². The van der Waals surface area contributed by atoms with Gasteiger partial charge in [-0.1, -0.05) is 18.2 Å². The van der Waals surface area contributed by atoms with E-state index in [9.17, 15) is 9.59 Å². The van der Waals surface area contributed by atoms with Gasteiger partial charge in [-0.05, 0) is 49.8 Å². The molecule has 0 radical (unpaired) electrons. The van der Waals surface area contributed by atoms with E-state index < -0.39 is 0 Å². The highest BCUT2D eigenvalue weighted by Crippen LogP contribution is 2.30. The highest BCUT2D eigenvalue weighted by Gasteiger charge is 2.18. The number of ether oxygens (including phenoxy) is 2. The van der Waals surface area contributed by atoms with Crippen molar-refractivity contribution in [3.8, 4) is 11.5 Å². The Labute approximate surface area is 208 Å². The number of carbonyl (C=O) groups is 2. The maximum Gasteiger partial charge on any atom is 0.252 e. The molecule has 0 spiro atoms. The van der Waals surface area contributed by atoms with Gasteiger partial charge in [0.25, 0.3) is 5.91 Å². The standard InChI is InChI=1S/C25H29N3O4S2/c1-28(2)19(23-10-7-13-33-23)15-26-25(30)18-8-5-6-9-22(18)34-16-24(29)27-17-11-12-20(31-3)21(14-17)32-4/h5-14,19H,15-16H2,1-4H3,(H,26,30)(H,27,29). The zero-order valence-electron chi connectivity index (χ0n) is 19.7. The lowest BCUT2D eigenvalue weighted by Crippen LogP contribution is -2.34. The van der Waals surface area contributed by atoms with Crippen LogP contribution in [0.1, 0.15) is 21.3 Å². The van der Waals surface area contributed by atoms with E-state index in [1.54, 1.807) is 49.8 Å². The summed E-state index contributed by atoms with van der Waals surface area (Å²) >= 11 is 2.99. The molecule has 0 fully saturated rings. The van der Waals surface area contributed by atoms with E-state index >= 15 is 0 Å². The molecular weight excluding hydrogens is 470 g/mol.